The second kappa shape index (κ2) is 10.7. The first-order valence-electron chi connectivity index (χ1n) is 11.5. The summed E-state index contributed by atoms with van der Waals surface area (Å²) >= 11 is 0. The maximum atomic E-state index is 13.0. The fraction of sp³-hybridized carbons (Fsp3) is 0.714. The molecule has 1 N–H and O–H groups in total. The number of nitrogens with zero attached hydrogens (tertiary/aromatic N) is 5. The zero-order valence-corrected chi connectivity index (χ0v) is 21.0. The van der Waals surface area contributed by atoms with E-state index >= 15 is 0 Å². The summed E-state index contributed by atoms with van der Waals surface area (Å²) in [5.41, 5.74) is 1.12. The highest BCUT2D eigenvalue weighted by Gasteiger charge is 2.31. The van der Waals surface area contributed by atoms with E-state index in [2.05, 4.69) is 10.4 Å². The summed E-state index contributed by atoms with van der Waals surface area (Å²) in [4.78, 5) is 40.9. The van der Waals surface area contributed by atoms with Gasteiger partial charge in [0.15, 0.2) is 0 Å². The lowest BCUT2D eigenvalue weighted by molar-refractivity contribution is -0.136. The van der Waals surface area contributed by atoms with Gasteiger partial charge in [-0.3, -0.25) is 14.3 Å². The predicted molar refractivity (Wildman–Crippen MR) is 125 cm³/mol. The van der Waals surface area contributed by atoms with Crippen LogP contribution in [0.2, 0.25) is 0 Å². The number of amides is 3. The smallest absolute Gasteiger partial charge is 0.409 e. The Morgan fingerprint density at radius 1 is 1.12 bits per heavy atom. The first kappa shape index (κ1) is 25.9. The van der Waals surface area contributed by atoms with Crippen molar-refractivity contribution in [1.29, 1.82) is 0 Å². The molecule has 2 aliphatic heterocycles. The van der Waals surface area contributed by atoms with Gasteiger partial charge in [-0.15, -0.1) is 0 Å². The number of aryl methyl sites for hydroxylation is 1. The lowest BCUT2D eigenvalue weighted by Gasteiger charge is -2.35. The highest BCUT2D eigenvalue weighted by atomic mass is 32.2. The van der Waals surface area contributed by atoms with Crippen molar-refractivity contribution in [1.82, 2.24) is 23.9 Å². The number of piperidine rings is 1. The standard InChI is InChI=1S/C21H34N6O6S/c1-5-33-21(30)25-12-10-24(11-13-25)20(29)16(3)27-14-18(15(2)23-27)22-19(28)17-6-8-26(9-7-17)34(4,31)32/h14,16-17H,5-13H2,1-4H3,(H,22,28)/t16-/m1/s1. The van der Waals surface area contributed by atoms with E-state index in [0.29, 0.717) is 70.1 Å². The van der Waals surface area contributed by atoms with Gasteiger partial charge in [-0.05, 0) is 33.6 Å². The van der Waals surface area contributed by atoms with E-state index < -0.39 is 16.1 Å². The molecule has 3 heterocycles. The summed E-state index contributed by atoms with van der Waals surface area (Å²) in [6, 6.07) is -0.573. The molecule has 0 aromatic carbocycles. The van der Waals surface area contributed by atoms with Crippen LogP contribution < -0.4 is 5.32 Å². The summed E-state index contributed by atoms with van der Waals surface area (Å²) in [5.74, 6) is -0.572. The molecule has 3 rings (SSSR count). The second-order valence-corrected chi connectivity index (χ2v) is 10.7. The van der Waals surface area contributed by atoms with Crippen LogP contribution in [0.15, 0.2) is 6.20 Å². The molecule has 0 spiro atoms. The zero-order chi connectivity index (χ0) is 25.0. The number of aromatic nitrogens is 2. The minimum Gasteiger partial charge on any atom is -0.450 e. The van der Waals surface area contributed by atoms with Crippen molar-refractivity contribution in [3.05, 3.63) is 11.9 Å². The molecule has 0 bridgehead atoms. The van der Waals surface area contributed by atoms with E-state index in [1.54, 1.807) is 36.8 Å². The number of carbonyl (C=O) groups is 3. The molecule has 1 atom stereocenters. The molecule has 13 heteroatoms. The van der Waals surface area contributed by atoms with Gasteiger partial charge in [0.1, 0.15) is 6.04 Å². The minimum atomic E-state index is -3.25. The Morgan fingerprint density at radius 2 is 1.71 bits per heavy atom. The average Bonchev–Trinajstić information content (AvgIpc) is 3.17. The van der Waals surface area contributed by atoms with Gasteiger partial charge < -0.3 is 19.9 Å². The summed E-state index contributed by atoms with van der Waals surface area (Å²) < 4.78 is 31.3. The third-order valence-corrected chi connectivity index (χ3v) is 7.64. The number of anilines is 1. The van der Waals surface area contributed by atoms with Crippen molar-refractivity contribution in [3.8, 4) is 0 Å². The maximum Gasteiger partial charge on any atom is 0.409 e. The summed E-state index contributed by atoms with van der Waals surface area (Å²) in [6.07, 6.45) is 3.37. The van der Waals surface area contributed by atoms with Crippen LogP contribution in [0.3, 0.4) is 0 Å². The van der Waals surface area contributed by atoms with E-state index in [1.807, 2.05) is 0 Å². The van der Waals surface area contributed by atoms with Gasteiger partial charge in [0.05, 0.1) is 24.2 Å². The van der Waals surface area contributed by atoms with E-state index in [9.17, 15) is 22.8 Å². The van der Waals surface area contributed by atoms with Crippen LogP contribution in [0.5, 0.6) is 0 Å². The van der Waals surface area contributed by atoms with Gasteiger partial charge >= 0.3 is 6.09 Å². The molecule has 0 aliphatic carbocycles. The van der Waals surface area contributed by atoms with Gasteiger partial charge in [-0.1, -0.05) is 0 Å². The SMILES string of the molecule is CCOC(=O)N1CCN(C(=O)[C@@H](C)n2cc(NC(=O)C3CCN(S(C)(=O)=O)CC3)c(C)n2)CC1. The molecule has 0 unspecified atom stereocenters. The molecule has 190 valence electrons. The summed E-state index contributed by atoms with van der Waals surface area (Å²) in [5, 5.41) is 7.30. The number of nitrogens with one attached hydrogen (secondary N) is 1. The summed E-state index contributed by atoms with van der Waals surface area (Å²) in [7, 11) is -3.25. The Morgan fingerprint density at radius 3 is 2.26 bits per heavy atom. The van der Waals surface area contributed by atoms with Gasteiger partial charge in [-0.2, -0.15) is 5.10 Å². The molecule has 1 aromatic heterocycles. The van der Waals surface area contributed by atoms with Crippen molar-refractivity contribution >= 4 is 33.6 Å². The molecule has 0 saturated carbocycles. The van der Waals surface area contributed by atoms with Crippen LogP contribution in [0.4, 0.5) is 10.5 Å². The van der Waals surface area contributed by atoms with Crippen LogP contribution in [-0.4, -0.2) is 102 Å². The number of hydrogen-bond donors (Lipinski definition) is 1. The van der Waals surface area contributed by atoms with E-state index in [4.69, 9.17) is 4.74 Å². The average molecular weight is 499 g/mol. The van der Waals surface area contributed by atoms with Gasteiger partial charge in [0.2, 0.25) is 21.8 Å². The Labute approximate surface area is 200 Å². The van der Waals surface area contributed by atoms with E-state index in [-0.39, 0.29) is 23.8 Å². The topological polar surface area (TPSA) is 134 Å². The normalized spacial score (nSPS) is 19.1. The largest absolute Gasteiger partial charge is 0.450 e. The highest BCUT2D eigenvalue weighted by Crippen LogP contribution is 2.23. The Bertz CT molecular complexity index is 1010. The second-order valence-electron chi connectivity index (χ2n) is 8.72. The van der Waals surface area contributed by atoms with Crippen LogP contribution in [0.25, 0.3) is 0 Å². The molecule has 34 heavy (non-hydrogen) atoms. The Kier molecular flexibility index (Phi) is 8.18. The Hall–Kier alpha value is -2.67. The highest BCUT2D eigenvalue weighted by molar-refractivity contribution is 7.88. The zero-order valence-electron chi connectivity index (χ0n) is 20.2. The molecule has 1 aromatic rings. The number of carbonyl (C=O) groups excluding carboxylic acids is 3. The number of sulfonamides is 1. The van der Waals surface area contributed by atoms with Crippen LogP contribution in [0.1, 0.15) is 38.4 Å². The van der Waals surface area contributed by atoms with Gasteiger partial charge in [0, 0.05) is 51.4 Å². The first-order chi connectivity index (χ1) is 16.0. The van der Waals surface area contributed by atoms with Crippen molar-refractivity contribution in [2.24, 2.45) is 5.92 Å². The number of rotatable bonds is 6. The molecule has 2 aliphatic rings. The number of ether oxygens (including phenoxy) is 1. The maximum absolute atomic E-state index is 13.0. The van der Waals surface area contributed by atoms with Gasteiger partial charge in [-0.25, -0.2) is 17.5 Å². The van der Waals surface area contributed by atoms with Crippen LogP contribution in [0, 0.1) is 12.8 Å². The third kappa shape index (κ3) is 6.06. The van der Waals surface area contributed by atoms with Crippen molar-refractivity contribution < 1.29 is 27.5 Å². The molecule has 12 nitrogen and oxygen atoms in total. The van der Waals surface area contributed by atoms with E-state index in [0.717, 1.165) is 0 Å². The van der Waals surface area contributed by atoms with Crippen molar-refractivity contribution in [2.45, 2.75) is 39.7 Å². The van der Waals surface area contributed by atoms with Gasteiger partial charge in [0.25, 0.3) is 0 Å². The van der Waals surface area contributed by atoms with Crippen molar-refractivity contribution in [2.75, 3.05) is 57.4 Å². The summed E-state index contributed by atoms with van der Waals surface area (Å²) in [6.45, 7) is 7.87. The fourth-order valence-electron chi connectivity index (χ4n) is 4.19. The quantitative estimate of drug-likeness (QED) is 0.609. The predicted octanol–water partition coefficient (Wildman–Crippen LogP) is 0.663. The third-order valence-electron chi connectivity index (χ3n) is 6.34. The minimum absolute atomic E-state index is 0.114. The fourth-order valence-corrected chi connectivity index (χ4v) is 5.06. The molecular formula is C21H34N6O6S. The molecule has 2 fully saturated rings. The number of hydrogen-bond acceptors (Lipinski definition) is 7. The molecule has 2 saturated heterocycles. The Balaban J connectivity index is 1.55. The van der Waals surface area contributed by atoms with Crippen LogP contribution in [-0.2, 0) is 24.3 Å². The van der Waals surface area contributed by atoms with E-state index in [1.165, 1.54) is 15.2 Å². The van der Waals surface area contributed by atoms with Crippen molar-refractivity contribution in [3.63, 3.8) is 0 Å². The number of piperazine rings is 1. The van der Waals surface area contributed by atoms with Crippen LogP contribution >= 0.6 is 0 Å². The first-order valence-corrected chi connectivity index (χ1v) is 13.4. The monoisotopic (exact) mass is 498 g/mol. The lowest BCUT2D eigenvalue weighted by atomic mass is 9.97. The molecule has 0 radical (unpaired) electrons. The molecular weight excluding hydrogens is 464 g/mol. The molecule has 3 amide bonds. The lowest BCUT2D eigenvalue weighted by Crippen LogP contribution is -2.52.